The highest BCUT2D eigenvalue weighted by Crippen LogP contribution is 2.32. The number of hydrogen-bond acceptors (Lipinski definition) is 6. The van der Waals surface area contributed by atoms with Crippen LogP contribution in [-0.4, -0.2) is 53.9 Å². The molecular weight excluding hydrogens is 423 g/mol. The Balaban J connectivity index is 1.70. The largest absolute Gasteiger partial charge is 0.338 e. The highest BCUT2D eigenvalue weighted by atomic mass is 35.5. The number of hydrogen-bond donors (Lipinski definition) is 0. The molecule has 0 saturated carbocycles. The number of piperazine rings is 1. The normalized spacial score (nSPS) is 18.4. The average Bonchev–Trinajstić information content (AvgIpc) is 3.14. The van der Waals surface area contributed by atoms with Crippen LogP contribution in [0, 0.1) is 0 Å². The molecule has 0 N–H and O–H groups in total. The van der Waals surface area contributed by atoms with Crippen LogP contribution in [0.2, 0.25) is 10.0 Å². The molecule has 2 heterocycles. The van der Waals surface area contributed by atoms with E-state index in [2.05, 4.69) is 15.0 Å². The molecule has 1 aliphatic heterocycles. The third-order valence-electron chi connectivity index (χ3n) is 4.82. The predicted octanol–water partition coefficient (Wildman–Crippen LogP) is 3.74. The Kier molecular flexibility index (Phi) is 6.08. The quantitative estimate of drug-likeness (QED) is 0.711. The molecule has 0 amide bonds. The van der Waals surface area contributed by atoms with Crippen LogP contribution in [-0.2, 0) is 15.4 Å². The van der Waals surface area contributed by atoms with Gasteiger partial charge in [-0.3, -0.25) is 4.90 Å². The van der Waals surface area contributed by atoms with Crippen molar-refractivity contribution >= 4 is 33.2 Å². The van der Waals surface area contributed by atoms with Crippen molar-refractivity contribution in [1.29, 1.82) is 0 Å². The lowest BCUT2D eigenvalue weighted by Crippen LogP contribution is -2.49. The zero-order valence-electron chi connectivity index (χ0n) is 16.3. The summed E-state index contributed by atoms with van der Waals surface area (Å²) in [5.74, 6) is 1.20. The minimum absolute atomic E-state index is 0.0369. The maximum absolute atomic E-state index is 12.9. The van der Waals surface area contributed by atoms with Gasteiger partial charge in [0.25, 0.3) is 0 Å². The lowest BCUT2D eigenvalue weighted by atomic mass is 9.96. The van der Waals surface area contributed by atoms with Gasteiger partial charge in [0.15, 0.2) is 5.82 Å². The molecule has 10 heteroatoms. The van der Waals surface area contributed by atoms with Crippen molar-refractivity contribution in [3.8, 4) is 0 Å². The van der Waals surface area contributed by atoms with Gasteiger partial charge in [0.1, 0.15) is 4.90 Å². The van der Waals surface area contributed by atoms with Gasteiger partial charge < -0.3 is 4.52 Å². The van der Waals surface area contributed by atoms with Gasteiger partial charge in [0, 0.05) is 31.6 Å². The number of nitrogens with zero attached hydrogens (tertiary/aromatic N) is 4. The summed E-state index contributed by atoms with van der Waals surface area (Å²) >= 11 is 12.1. The van der Waals surface area contributed by atoms with Crippen molar-refractivity contribution in [3.63, 3.8) is 0 Å². The first kappa shape index (κ1) is 21.5. The molecular formula is C18H24Cl2N4O3S. The lowest BCUT2D eigenvalue weighted by Gasteiger charge is -2.36. The number of benzene rings is 1. The summed E-state index contributed by atoms with van der Waals surface area (Å²) in [6.07, 6.45) is 0. The molecule has 3 rings (SSSR count). The molecule has 1 aliphatic rings. The number of aromatic nitrogens is 2. The van der Waals surface area contributed by atoms with E-state index in [4.69, 9.17) is 27.7 Å². The molecule has 154 valence electrons. The highest BCUT2D eigenvalue weighted by molar-refractivity contribution is 7.89. The minimum atomic E-state index is -3.71. The molecule has 0 aliphatic carbocycles. The van der Waals surface area contributed by atoms with Gasteiger partial charge in [0.05, 0.1) is 16.1 Å². The van der Waals surface area contributed by atoms with E-state index in [0.29, 0.717) is 37.9 Å². The summed E-state index contributed by atoms with van der Waals surface area (Å²) < 4.78 is 32.8. The first-order chi connectivity index (χ1) is 13.0. The fraction of sp³-hybridized carbons (Fsp3) is 0.556. The van der Waals surface area contributed by atoms with Crippen LogP contribution in [0.3, 0.4) is 0 Å². The van der Waals surface area contributed by atoms with Crippen molar-refractivity contribution in [3.05, 3.63) is 40.0 Å². The zero-order valence-corrected chi connectivity index (χ0v) is 18.6. The van der Waals surface area contributed by atoms with Crippen LogP contribution in [0.5, 0.6) is 0 Å². The molecule has 0 spiro atoms. The fourth-order valence-electron chi connectivity index (χ4n) is 3.02. The van der Waals surface area contributed by atoms with E-state index >= 15 is 0 Å². The smallest absolute Gasteiger partial charge is 0.244 e. The van der Waals surface area contributed by atoms with Gasteiger partial charge in [-0.25, -0.2) is 8.42 Å². The van der Waals surface area contributed by atoms with Crippen molar-refractivity contribution in [2.75, 3.05) is 26.2 Å². The average molecular weight is 447 g/mol. The third-order valence-corrected chi connectivity index (χ3v) is 7.70. The standard InChI is InChI=1S/C18H24Cl2N4O3S/c1-12(16-21-17(22-27-16)18(2,3)4)23-8-10-24(11-9-23)28(25,26)14-7-5-6-13(19)15(14)20/h5-7,12H,8-11H2,1-4H3. The van der Waals surface area contributed by atoms with Crippen molar-refractivity contribution in [2.24, 2.45) is 0 Å². The van der Waals surface area contributed by atoms with Crippen LogP contribution < -0.4 is 0 Å². The molecule has 28 heavy (non-hydrogen) atoms. The summed E-state index contributed by atoms with van der Waals surface area (Å²) in [4.78, 5) is 6.68. The van der Waals surface area contributed by atoms with Crippen molar-refractivity contribution < 1.29 is 12.9 Å². The monoisotopic (exact) mass is 446 g/mol. The van der Waals surface area contributed by atoms with Gasteiger partial charge in [-0.1, -0.05) is 55.2 Å². The van der Waals surface area contributed by atoms with E-state index in [1.165, 1.54) is 10.4 Å². The maximum Gasteiger partial charge on any atom is 0.244 e. The van der Waals surface area contributed by atoms with E-state index in [9.17, 15) is 8.42 Å². The van der Waals surface area contributed by atoms with E-state index in [1.54, 1.807) is 12.1 Å². The van der Waals surface area contributed by atoms with Crippen LogP contribution in [0.4, 0.5) is 0 Å². The zero-order chi connectivity index (χ0) is 20.7. The Labute approximate surface area is 175 Å². The SMILES string of the molecule is CC(c1nc(C(C)(C)C)no1)N1CCN(S(=O)(=O)c2cccc(Cl)c2Cl)CC1. The fourth-order valence-corrected chi connectivity index (χ4v) is 5.18. The predicted molar refractivity (Wildman–Crippen MR) is 108 cm³/mol. The van der Waals surface area contributed by atoms with Gasteiger partial charge >= 0.3 is 0 Å². The second kappa shape index (κ2) is 7.91. The maximum atomic E-state index is 12.9. The molecule has 1 fully saturated rings. The van der Waals surface area contributed by atoms with Crippen LogP contribution in [0.1, 0.15) is 45.5 Å². The molecule has 1 atom stereocenters. The molecule has 1 saturated heterocycles. The number of sulfonamides is 1. The first-order valence-electron chi connectivity index (χ1n) is 9.04. The van der Waals surface area contributed by atoms with Crippen LogP contribution in [0.25, 0.3) is 0 Å². The van der Waals surface area contributed by atoms with Gasteiger partial charge in [-0.05, 0) is 19.1 Å². The molecule has 1 aromatic carbocycles. The Morgan fingerprint density at radius 1 is 1.14 bits per heavy atom. The number of rotatable bonds is 4. The summed E-state index contributed by atoms with van der Waals surface area (Å²) in [7, 11) is -3.71. The summed E-state index contributed by atoms with van der Waals surface area (Å²) in [5.41, 5.74) is -0.190. The molecule has 0 bridgehead atoms. The molecule has 0 radical (unpaired) electrons. The highest BCUT2D eigenvalue weighted by Gasteiger charge is 2.33. The lowest BCUT2D eigenvalue weighted by molar-refractivity contribution is 0.124. The Bertz CT molecular complexity index is 948. The van der Waals surface area contributed by atoms with Crippen molar-refractivity contribution in [2.45, 2.75) is 44.0 Å². The van der Waals surface area contributed by atoms with E-state index < -0.39 is 10.0 Å². The van der Waals surface area contributed by atoms with Crippen LogP contribution >= 0.6 is 23.2 Å². The molecule has 2 aromatic rings. The Hall–Kier alpha value is -1.19. The second-order valence-electron chi connectivity index (χ2n) is 7.87. The Morgan fingerprint density at radius 2 is 1.79 bits per heavy atom. The summed E-state index contributed by atoms with van der Waals surface area (Å²) in [6, 6.07) is 4.54. The Morgan fingerprint density at radius 3 is 2.36 bits per heavy atom. The topological polar surface area (TPSA) is 79.5 Å². The summed E-state index contributed by atoms with van der Waals surface area (Å²) in [6.45, 7) is 9.84. The van der Waals surface area contributed by atoms with Crippen LogP contribution in [0.15, 0.2) is 27.6 Å². The van der Waals surface area contributed by atoms with E-state index in [1.807, 2.05) is 27.7 Å². The third kappa shape index (κ3) is 4.21. The van der Waals surface area contributed by atoms with Crippen molar-refractivity contribution in [1.82, 2.24) is 19.3 Å². The second-order valence-corrected chi connectivity index (χ2v) is 10.6. The van der Waals surface area contributed by atoms with Gasteiger partial charge in [-0.2, -0.15) is 9.29 Å². The first-order valence-corrected chi connectivity index (χ1v) is 11.2. The van der Waals surface area contributed by atoms with E-state index in [0.717, 1.165) is 0 Å². The molecule has 7 nitrogen and oxygen atoms in total. The molecule has 1 unspecified atom stereocenters. The molecule has 1 aromatic heterocycles. The van der Waals surface area contributed by atoms with E-state index in [-0.39, 0.29) is 26.4 Å². The number of halogens is 2. The summed E-state index contributed by atoms with van der Waals surface area (Å²) in [5, 5.41) is 4.35. The van der Waals surface area contributed by atoms with Gasteiger partial charge in [-0.15, -0.1) is 0 Å². The van der Waals surface area contributed by atoms with Gasteiger partial charge in [0.2, 0.25) is 15.9 Å². The minimum Gasteiger partial charge on any atom is -0.338 e.